The summed E-state index contributed by atoms with van der Waals surface area (Å²) in [7, 11) is 0. The SMILES string of the molecule is Cc1nn(CC(=O)Nc2c(C)noc2C)cc1Br. The molecule has 7 heteroatoms. The highest BCUT2D eigenvalue weighted by Gasteiger charge is 2.13. The van der Waals surface area contributed by atoms with Crippen LogP contribution < -0.4 is 5.32 Å². The molecule has 1 N–H and O–H groups in total. The molecule has 0 bridgehead atoms. The first kappa shape index (κ1) is 12.8. The Morgan fingerprint density at radius 1 is 1.44 bits per heavy atom. The van der Waals surface area contributed by atoms with Crippen molar-refractivity contribution in [2.24, 2.45) is 0 Å². The molecule has 6 nitrogen and oxygen atoms in total. The molecule has 0 aliphatic heterocycles. The van der Waals surface area contributed by atoms with E-state index in [2.05, 4.69) is 31.5 Å². The minimum atomic E-state index is -0.167. The number of amides is 1. The zero-order chi connectivity index (χ0) is 13.3. The van der Waals surface area contributed by atoms with Gasteiger partial charge in [0.1, 0.15) is 17.9 Å². The lowest BCUT2D eigenvalue weighted by Gasteiger charge is -2.04. The summed E-state index contributed by atoms with van der Waals surface area (Å²) >= 11 is 3.35. The number of nitrogens with one attached hydrogen (secondary N) is 1. The first-order valence-corrected chi connectivity index (χ1v) is 6.19. The second-order valence-corrected chi connectivity index (χ2v) is 4.86. The Hall–Kier alpha value is -1.63. The third kappa shape index (κ3) is 2.61. The quantitative estimate of drug-likeness (QED) is 0.943. The number of anilines is 1. The van der Waals surface area contributed by atoms with Gasteiger partial charge in [0.25, 0.3) is 0 Å². The van der Waals surface area contributed by atoms with E-state index in [0.717, 1.165) is 10.2 Å². The lowest BCUT2D eigenvalue weighted by Crippen LogP contribution is -2.19. The van der Waals surface area contributed by atoms with Crippen molar-refractivity contribution in [1.82, 2.24) is 14.9 Å². The Morgan fingerprint density at radius 3 is 2.67 bits per heavy atom. The highest BCUT2D eigenvalue weighted by Crippen LogP contribution is 2.18. The van der Waals surface area contributed by atoms with Gasteiger partial charge >= 0.3 is 0 Å². The van der Waals surface area contributed by atoms with Gasteiger partial charge in [-0.05, 0) is 36.7 Å². The number of nitrogens with zero attached hydrogens (tertiary/aromatic N) is 3. The molecular weight excluding hydrogens is 300 g/mol. The van der Waals surface area contributed by atoms with E-state index < -0.39 is 0 Å². The van der Waals surface area contributed by atoms with Crippen LogP contribution in [0.1, 0.15) is 17.1 Å². The van der Waals surface area contributed by atoms with Crippen LogP contribution in [0.25, 0.3) is 0 Å². The number of aromatic nitrogens is 3. The van der Waals surface area contributed by atoms with E-state index in [9.17, 15) is 4.79 Å². The highest BCUT2D eigenvalue weighted by atomic mass is 79.9. The number of carbonyl (C=O) groups excluding carboxylic acids is 1. The fourth-order valence-corrected chi connectivity index (χ4v) is 1.88. The predicted octanol–water partition coefficient (Wildman–Crippen LogP) is 2.20. The molecule has 0 spiro atoms. The molecule has 2 rings (SSSR count). The van der Waals surface area contributed by atoms with Gasteiger partial charge in [-0.3, -0.25) is 9.48 Å². The van der Waals surface area contributed by atoms with Gasteiger partial charge in [0, 0.05) is 6.20 Å². The summed E-state index contributed by atoms with van der Waals surface area (Å²) < 4.78 is 7.43. The average molecular weight is 313 g/mol. The maximum absolute atomic E-state index is 11.8. The van der Waals surface area contributed by atoms with Crippen LogP contribution in [-0.2, 0) is 11.3 Å². The van der Waals surface area contributed by atoms with Gasteiger partial charge in [0.2, 0.25) is 5.91 Å². The molecule has 0 atom stereocenters. The summed E-state index contributed by atoms with van der Waals surface area (Å²) in [5.74, 6) is 0.429. The molecule has 96 valence electrons. The number of hydrogen-bond acceptors (Lipinski definition) is 4. The molecule has 0 fully saturated rings. The largest absolute Gasteiger partial charge is 0.359 e. The molecular formula is C11H13BrN4O2. The summed E-state index contributed by atoms with van der Waals surface area (Å²) in [6, 6.07) is 0. The number of halogens is 1. The summed E-state index contributed by atoms with van der Waals surface area (Å²) in [4.78, 5) is 11.8. The second-order valence-electron chi connectivity index (χ2n) is 4.01. The molecule has 0 aliphatic rings. The zero-order valence-electron chi connectivity index (χ0n) is 10.3. The minimum absolute atomic E-state index is 0.149. The first-order chi connectivity index (χ1) is 8.47. The summed E-state index contributed by atoms with van der Waals surface area (Å²) in [5.41, 5.74) is 2.14. The average Bonchev–Trinajstić information content (AvgIpc) is 2.76. The summed E-state index contributed by atoms with van der Waals surface area (Å²) in [5, 5.41) is 10.7. The molecule has 0 radical (unpaired) electrons. The third-order valence-electron chi connectivity index (χ3n) is 2.49. The van der Waals surface area contributed by atoms with Crippen molar-refractivity contribution < 1.29 is 9.32 Å². The van der Waals surface area contributed by atoms with Crippen LogP contribution in [-0.4, -0.2) is 20.8 Å². The summed E-state index contributed by atoms with van der Waals surface area (Å²) in [6.07, 6.45) is 1.77. The van der Waals surface area contributed by atoms with E-state index in [1.807, 2.05) is 6.92 Å². The standard InChI is InChI=1S/C11H13BrN4O2/c1-6-9(12)4-16(14-6)5-10(17)13-11-7(2)15-18-8(11)3/h4H,5H2,1-3H3,(H,13,17). The molecule has 0 aromatic carbocycles. The van der Waals surface area contributed by atoms with Crippen molar-refractivity contribution in [1.29, 1.82) is 0 Å². The molecule has 18 heavy (non-hydrogen) atoms. The van der Waals surface area contributed by atoms with Crippen LogP contribution in [0.15, 0.2) is 15.2 Å². The van der Waals surface area contributed by atoms with Crippen LogP contribution in [0.5, 0.6) is 0 Å². The molecule has 0 saturated carbocycles. The van der Waals surface area contributed by atoms with Crippen molar-refractivity contribution in [2.45, 2.75) is 27.3 Å². The molecule has 0 aliphatic carbocycles. The lowest BCUT2D eigenvalue weighted by atomic mass is 10.3. The Morgan fingerprint density at radius 2 is 2.17 bits per heavy atom. The Bertz CT molecular complexity index is 549. The Labute approximate surface area is 112 Å². The fraction of sp³-hybridized carbons (Fsp3) is 0.364. The second kappa shape index (κ2) is 4.93. The van der Waals surface area contributed by atoms with Gasteiger partial charge in [-0.15, -0.1) is 0 Å². The third-order valence-corrected chi connectivity index (χ3v) is 3.27. The lowest BCUT2D eigenvalue weighted by molar-refractivity contribution is -0.116. The van der Waals surface area contributed by atoms with E-state index in [4.69, 9.17) is 4.52 Å². The molecule has 2 aromatic heterocycles. The van der Waals surface area contributed by atoms with E-state index in [-0.39, 0.29) is 12.5 Å². The Kier molecular flexibility index (Phi) is 3.51. The summed E-state index contributed by atoms with van der Waals surface area (Å²) in [6.45, 7) is 5.55. The maximum atomic E-state index is 11.8. The van der Waals surface area contributed by atoms with Gasteiger partial charge in [-0.2, -0.15) is 5.10 Å². The van der Waals surface area contributed by atoms with Gasteiger partial charge < -0.3 is 9.84 Å². The van der Waals surface area contributed by atoms with Crippen molar-refractivity contribution >= 4 is 27.5 Å². The smallest absolute Gasteiger partial charge is 0.246 e. The molecule has 0 unspecified atom stereocenters. The van der Waals surface area contributed by atoms with Crippen molar-refractivity contribution in [3.63, 3.8) is 0 Å². The van der Waals surface area contributed by atoms with Crippen LogP contribution in [0, 0.1) is 20.8 Å². The van der Waals surface area contributed by atoms with E-state index in [1.165, 1.54) is 0 Å². The molecule has 1 amide bonds. The topological polar surface area (TPSA) is 73.0 Å². The normalized spacial score (nSPS) is 10.7. The van der Waals surface area contributed by atoms with Crippen LogP contribution in [0.3, 0.4) is 0 Å². The first-order valence-electron chi connectivity index (χ1n) is 5.39. The molecule has 0 saturated heterocycles. The van der Waals surface area contributed by atoms with Crippen molar-refractivity contribution in [3.05, 3.63) is 27.8 Å². The number of aryl methyl sites for hydroxylation is 3. The minimum Gasteiger partial charge on any atom is -0.359 e. The zero-order valence-corrected chi connectivity index (χ0v) is 11.9. The van der Waals surface area contributed by atoms with E-state index in [1.54, 1.807) is 24.7 Å². The van der Waals surface area contributed by atoms with Gasteiger partial charge in [0.15, 0.2) is 5.76 Å². The number of hydrogen-bond donors (Lipinski definition) is 1. The highest BCUT2D eigenvalue weighted by molar-refractivity contribution is 9.10. The van der Waals surface area contributed by atoms with E-state index >= 15 is 0 Å². The van der Waals surface area contributed by atoms with Gasteiger partial charge in [-0.1, -0.05) is 5.16 Å². The Balaban J connectivity index is 2.05. The van der Waals surface area contributed by atoms with Gasteiger partial charge in [0.05, 0.1) is 10.2 Å². The number of carbonyl (C=O) groups is 1. The predicted molar refractivity (Wildman–Crippen MR) is 69.3 cm³/mol. The molecule has 2 heterocycles. The maximum Gasteiger partial charge on any atom is 0.246 e. The van der Waals surface area contributed by atoms with E-state index in [0.29, 0.717) is 17.1 Å². The van der Waals surface area contributed by atoms with Crippen LogP contribution in [0.4, 0.5) is 5.69 Å². The van der Waals surface area contributed by atoms with Crippen LogP contribution >= 0.6 is 15.9 Å². The number of rotatable bonds is 3. The monoisotopic (exact) mass is 312 g/mol. The van der Waals surface area contributed by atoms with Gasteiger partial charge in [-0.25, -0.2) is 0 Å². The molecule has 2 aromatic rings. The van der Waals surface area contributed by atoms with Crippen LogP contribution in [0.2, 0.25) is 0 Å². The van der Waals surface area contributed by atoms with Crippen molar-refractivity contribution in [2.75, 3.05) is 5.32 Å². The fourth-order valence-electron chi connectivity index (χ4n) is 1.56. The van der Waals surface area contributed by atoms with Crippen molar-refractivity contribution in [3.8, 4) is 0 Å².